The van der Waals surface area contributed by atoms with Crippen molar-refractivity contribution >= 4 is 15.9 Å². The van der Waals surface area contributed by atoms with E-state index < -0.39 is 0 Å². The zero-order valence-electron chi connectivity index (χ0n) is 12.2. The predicted molar refractivity (Wildman–Crippen MR) is 84.5 cm³/mol. The number of hydrogen-bond acceptors (Lipinski definition) is 3. The van der Waals surface area contributed by atoms with Crippen molar-refractivity contribution in [1.29, 1.82) is 0 Å². The molecule has 0 spiro atoms. The molecule has 0 saturated heterocycles. The molecule has 0 aliphatic heterocycles. The van der Waals surface area contributed by atoms with Gasteiger partial charge in [-0.1, -0.05) is 34.1 Å². The Morgan fingerprint density at radius 1 is 1.32 bits per heavy atom. The highest BCUT2D eigenvalue weighted by Crippen LogP contribution is 2.25. The molecule has 0 amide bonds. The third-order valence-corrected chi connectivity index (χ3v) is 4.04. The molecule has 0 fully saturated rings. The summed E-state index contributed by atoms with van der Waals surface area (Å²) in [6.07, 6.45) is 2.19. The van der Waals surface area contributed by atoms with Gasteiger partial charge in [0.05, 0.1) is 0 Å². The third-order valence-electron chi connectivity index (χ3n) is 3.32. The highest BCUT2D eigenvalue weighted by molar-refractivity contribution is 9.10. The quantitative estimate of drug-likeness (QED) is 0.705. The average Bonchev–Trinajstić information content (AvgIpc) is 2.41. The first-order chi connectivity index (χ1) is 9.19. The van der Waals surface area contributed by atoms with E-state index in [1.165, 1.54) is 10.0 Å². The molecule has 3 nitrogen and oxygen atoms in total. The van der Waals surface area contributed by atoms with Crippen LogP contribution in [0.3, 0.4) is 0 Å². The molecule has 4 heteroatoms. The van der Waals surface area contributed by atoms with Crippen LogP contribution in [0.15, 0.2) is 28.7 Å². The monoisotopic (exact) mass is 328 g/mol. The minimum Gasteiger partial charge on any atom is -0.385 e. The molecular weight excluding hydrogens is 304 g/mol. The second kappa shape index (κ2) is 9.48. The van der Waals surface area contributed by atoms with Gasteiger partial charge in [0, 0.05) is 30.8 Å². The summed E-state index contributed by atoms with van der Waals surface area (Å²) in [5, 5.41) is 3.40. The lowest BCUT2D eigenvalue weighted by atomic mass is 10.0. The van der Waals surface area contributed by atoms with Crippen molar-refractivity contribution in [1.82, 2.24) is 10.2 Å². The molecule has 1 aromatic carbocycles. The SMILES string of the molecule is CNC(CCN(C)CCCOC)c1ccccc1Br. The zero-order chi connectivity index (χ0) is 14.1. The van der Waals surface area contributed by atoms with Crippen molar-refractivity contribution in [3.63, 3.8) is 0 Å². The Balaban J connectivity index is 2.43. The van der Waals surface area contributed by atoms with Crippen LogP contribution in [0.2, 0.25) is 0 Å². The largest absolute Gasteiger partial charge is 0.385 e. The van der Waals surface area contributed by atoms with Gasteiger partial charge in [0.15, 0.2) is 0 Å². The molecule has 0 radical (unpaired) electrons. The molecule has 0 aromatic heterocycles. The average molecular weight is 329 g/mol. The van der Waals surface area contributed by atoms with Gasteiger partial charge in [-0.3, -0.25) is 0 Å². The zero-order valence-corrected chi connectivity index (χ0v) is 13.7. The van der Waals surface area contributed by atoms with Gasteiger partial charge in [0.1, 0.15) is 0 Å². The molecule has 0 aliphatic rings. The summed E-state index contributed by atoms with van der Waals surface area (Å²) in [5.74, 6) is 0. The van der Waals surface area contributed by atoms with E-state index in [0.29, 0.717) is 6.04 Å². The van der Waals surface area contributed by atoms with Crippen molar-refractivity contribution in [3.8, 4) is 0 Å². The summed E-state index contributed by atoms with van der Waals surface area (Å²) in [7, 11) is 5.95. The maximum atomic E-state index is 5.08. The van der Waals surface area contributed by atoms with Crippen LogP contribution >= 0.6 is 15.9 Å². The molecule has 0 aliphatic carbocycles. The van der Waals surface area contributed by atoms with E-state index in [0.717, 1.165) is 32.5 Å². The molecule has 1 aromatic rings. The van der Waals surface area contributed by atoms with Gasteiger partial charge in [-0.15, -0.1) is 0 Å². The molecule has 1 unspecified atom stereocenters. The molecular formula is C15H25BrN2O. The summed E-state index contributed by atoms with van der Waals surface area (Å²) >= 11 is 3.63. The van der Waals surface area contributed by atoms with Gasteiger partial charge in [-0.25, -0.2) is 0 Å². The minimum absolute atomic E-state index is 0.389. The fraction of sp³-hybridized carbons (Fsp3) is 0.600. The maximum absolute atomic E-state index is 5.08. The molecule has 108 valence electrons. The lowest BCUT2D eigenvalue weighted by Crippen LogP contribution is -2.26. The molecule has 0 bridgehead atoms. The summed E-state index contributed by atoms with van der Waals surface area (Å²) < 4.78 is 6.26. The van der Waals surface area contributed by atoms with Crippen molar-refractivity contribution in [2.24, 2.45) is 0 Å². The van der Waals surface area contributed by atoms with E-state index in [1.54, 1.807) is 7.11 Å². The molecule has 0 saturated carbocycles. The lowest BCUT2D eigenvalue weighted by Gasteiger charge is -2.22. The van der Waals surface area contributed by atoms with Crippen molar-refractivity contribution in [2.45, 2.75) is 18.9 Å². The van der Waals surface area contributed by atoms with Gasteiger partial charge in [0.2, 0.25) is 0 Å². The molecule has 19 heavy (non-hydrogen) atoms. The predicted octanol–water partition coefficient (Wildman–Crippen LogP) is 3.07. The molecule has 0 heterocycles. The van der Waals surface area contributed by atoms with Crippen LogP contribution in [0.5, 0.6) is 0 Å². The van der Waals surface area contributed by atoms with Crippen molar-refractivity contribution in [3.05, 3.63) is 34.3 Å². The number of methoxy groups -OCH3 is 1. The Hall–Kier alpha value is -0.420. The van der Waals surface area contributed by atoms with E-state index in [4.69, 9.17) is 4.74 Å². The van der Waals surface area contributed by atoms with Gasteiger partial charge < -0.3 is 15.0 Å². The van der Waals surface area contributed by atoms with Crippen LogP contribution in [0.25, 0.3) is 0 Å². The van der Waals surface area contributed by atoms with Crippen LogP contribution in [0, 0.1) is 0 Å². The normalized spacial score (nSPS) is 12.9. The summed E-state index contributed by atoms with van der Waals surface area (Å²) in [5.41, 5.74) is 1.33. The Bertz CT molecular complexity index is 360. The smallest absolute Gasteiger partial charge is 0.0474 e. The first-order valence-corrected chi connectivity index (χ1v) is 7.57. The number of rotatable bonds is 9. The standard InChI is InChI=1S/C15H25BrN2O/c1-17-15(13-7-4-5-8-14(13)16)9-11-18(2)10-6-12-19-3/h4-5,7-8,15,17H,6,9-12H2,1-3H3. The Kier molecular flexibility index (Phi) is 8.30. The fourth-order valence-corrected chi connectivity index (χ4v) is 2.71. The minimum atomic E-state index is 0.389. The van der Waals surface area contributed by atoms with Gasteiger partial charge >= 0.3 is 0 Å². The van der Waals surface area contributed by atoms with Crippen LogP contribution in [-0.4, -0.2) is 45.8 Å². The van der Waals surface area contributed by atoms with Crippen LogP contribution in [0.4, 0.5) is 0 Å². The van der Waals surface area contributed by atoms with Gasteiger partial charge in [-0.05, 0) is 45.1 Å². The topological polar surface area (TPSA) is 24.5 Å². The number of hydrogen-bond donors (Lipinski definition) is 1. The first-order valence-electron chi connectivity index (χ1n) is 6.78. The second-order valence-electron chi connectivity index (χ2n) is 4.80. The second-order valence-corrected chi connectivity index (χ2v) is 5.66. The van der Waals surface area contributed by atoms with Gasteiger partial charge in [0.25, 0.3) is 0 Å². The van der Waals surface area contributed by atoms with Crippen LogP contribution < -0.4 is 5.32 Å². The third kappa shape index (κ3) is 6.04. The number of nitrogens with one attached hydrogen (secondary N) is 1. The highest BCUT2D eigenvalue weighted by Gasteiger charge is 2.12. The number of ether oxygens (including phenoxy) is 1. The van der Waals surface area contributed by atoms with Crippen molar-refractivity contribution in [2.75, 3.05) is 40.9 Å². The lowest BCUT2D eigenvalue weighted by molar-refractivity contribution is 0.178. The van der Waals surface area contributed by atoms with E-state index in [2.05, 4.69) is 57.5 Å². The van der Waals surface area contributed by atoms with Crippen LogP contribution in [0.1, 0.15) is 24.4 Å². The Morgan fingerprint density at radius 3 is 2.68 bits per heavy atom. The van der Waals surface area contributed by atoms with Crippen LogP contribution in [-0.2, 0) is 4.74 Å². The first kappa shape index (κ1) is 16.6. The number of nitrogens with zero attached hydrogens (tertiary/aromatic N) is 1. The number of benzene rings is 1. The van der Waals surface area contributed by atoms with E-state index in [9.17, 15) is 0 Å². The van der Waals surface area contributed by atoms with Crippen molar-refractivity contribution < 1.29 is 4.74 Å². The Morgan fingerprint density at radius 2 is 2.05 bits per heavy atom. The number of halogens is 1. The highest BCUT2D eigenvalue weighted by atomic mass is 79.9. The fourth-order valence-electron chi connectivity index (χ4n) is 2.15. The molecule has 1 rings (SSSR count). The van der Waals surface area contributed by atoms with E-state index in [-0.39, 0.29) is 0 Å². The Labute approximate surface area is 125 Å². The van der Waals surface area contributed by atoms with Gasteiger partial charge in [-0.2, -0.15) is 0 Å². The van der Waals surface area contributed by atoms with E-state index >= 15 is 0 Å². The molecule has 1 N–H and O–H groups in total. The molecule has 1 atom stereocenters. The van der Waals surface area contributed by atoms with E-state index in [1.807, 2.05) is 7.05 Å². The summed E-state index contributed by atoms with van der Waals surface area (Å²) in [4.78, 5) is 2.36. The summed E-state index contributed by atoms with van der Waals surface area (Å²) in [6, 6.07) is 8.81. The summed E-state index contributed by atoms with van der Waals surface area (Å²) in [6.45, 7) is 3.00. The maximum Gasteiger partial charge on any atom is 0.0474 e.